The van der Waals surface area contributed by atoms with Crippen molar-refractivity contribution < 1.29 is 9.90 Å². The van der Waals surface area contributed by atoms with Crippen LogP contribution in [0.25, 0.3) is 0 Å². The lowest BCUT2D eigenvalue weighted by Crippen LogP contribution is -2.47. The smallest absolute Gasteiger partial charge is 0.312 e. The molecule has 1 aromatic heterocycles. The normalized spacial score (nSPS) is 39.9. The highest BCUT2D eigenvalue weighted by Gasteiger charge is 2.52. The number of hydrogen-bond acceptors (Lipinski definition) is 1. The zero-order valence-electron chi connectivity index (χ0n) is 11.8. The summed E-state index contributed by atoms with van der Waals surface area (Å²) in [6.45, 7) is 0. The summed E-state index contributed by atoms with van der Waals surface area (Å²) in [6, 6.07) is 3.84. The molecule has 4 fully saturated rings. The van der Waals surface area contributed by atoms with Crippen molar-refractivity contribution in [1.29, 1.82) is 0 Å². The van der Waals surface area contributed by atoms with E-state index in [2.05, 4.69) is 4.98 Å². The molecule has 4 aliphatic carbocycles. The molecule has 4 saturated carbocycles. The molecule has 1 unspecified atom stereocenters. The molecule has 4 aliphatic rings. The van der Waals surface area contributed by atoms with Crippen molar-refractivity contribution in [3.05, 3.63) is 24.0 Å². The largest absolute Gasteiger partial charge is 0.481 e. The second-order valence-corrected chi connectivity index (χ2v) is 7.64. The molecular weight excluding hydrogens is 250 g/mol. The number of rotatable bonds is 4. The number of H-pyrrole nitrogens is 1. The molecule has 20 heavy (non-hydrogen) atoms. The quantitative estimate of drug-likeness (QED) is 0.877. The molecule has 108 valence electrons. The lowest BCUT2D eigenvalue weighted by molar-refractivity contribution is -0.141. The molecule has 0 aliphatic heterocycles. The van der Waals surface area contributed by atoms with E-state index in [1.807, 2.05) is 18.3 Å². The van der Waals surface area contributed by atoms with Gasteiger partial charge in [0.2, 0.25) is 0 Å². The van der Waals surface area contributed by atoms with Crippen LogP contribution >= 0.6 is 0 Å². The maximum atomic E-state index is 11.7. The van der Waals surface area contributed by atoms with Gasteiger partial charge in [-0.2, -0.15) is 0 Å². The molecule has 3 nitrogen and oxygen atoms in total. The molecule has 1 heterocycles. The van der Waals surface area contributed by atoms with E-state index in [0.29, 0.717) is 5.41 Å². The number of carbonyl (C=O) groups is 1. The maximum Gasteiger partial charge on any atom is 0.312 e. The average Bonchev–Trinajstić information content (AvgIpc) is 2.87. The van der Waals surface area contributed by atoms with Crippen LogP contribution in [-0.4, -0.2) is 16.1 Å². The van der Waals surface area contributed by atoms with Crippen LogP contribution in [0.4, 0.5) is 0 Å². The Morgan fingerprint density at radius 2 is 1.85 bits per heavy atom. The molecule has 0 aromatic carbocycles. The SMILES string of the molecule is O=C(O)C(CC12CC3CC(CC(C3)C1)C2)c1ccc[nH]1. The van der Waals surface area contributed by atoms with Crippen molar-refractivity contribution in [2.75, 3.05) is 0 Å². The minimum atomic E-state index is -0.664. The first-order chi connectivity index (χ1) is 9.63. The van der Waals surface area contributed by atoms with Gasteiger partial charge >= 0.3 is 5.97 Å². The van der Waals surface area contributed by atoms with E-state index < -0.39 is 5.97 Å². The summed E-state index contributed by atoms with van der Waals surface area (Å²) in [5.41, 5.74) is 1.20. The van der Waals surface area contributed by atoms with Gasteiger partial charge in [-0.1, -0.05) is 0 Å². The second kappa shape index (κ2) is 4.37. The molecule has 1 atom stereocenters. The van der Waals surface area contributed by atoms with E-state index in [9.17, 15) is 9.90 Å². The molecule has 1 aromatic rings. The van der Waals surface area contributed by atoms with E-state index in [1.165, 1.54) is 38.5 Å². The summed E-state index contributed by atoms with van der Waals surface area (Å²) in [6.07, 6.45) is 10.8. The molecule has 5 rings (SSSR count). The van der Waals surface area contributed by atoms with Crippen LogP contribution in [0.15, 0.2) is 18.3 Å². The maximum absolute atomic E-state index is 11.7. The van der Waals surface area contributed by atoms with E-state index in [1.54, 1.807) is 0 Å². The minimum absolute atomic E-state index is 0.322. The summed E-state index contributed by atoms with van der Waals surface area (Å²) in [4.78, 5) is 14.8. The summed E-state index contributed by atoms with van der Waals surface area (Å²) in [5, 5.41) is 9.63. The Balaban J connectivity index is 1.59. The van der Waals surface area contributed by atoms with Gasteiger partial charge in [-0.05, 0) is 80.2 Å². The summed E-state index contributed by atoms with van der Waals surface area (Å²) in [7, 11) is 0. The molecule has 0 radical (unpaired) electrons. The highest BCUT2D eigenvalue weighted by molar-refractivity contribution is 5.75. The van der Waals surface area contributed by atoms with Gasteiger partial charge in [0, 0.05) is 11.9 Å². The van der Waals surface area contributed by atoms with Crippen molar-refractivity contribution in [3.8, 4) is 0 Å². The van der Waals surface area contributed by atoms with Gasteiger partial charge in [0.15, 0.2) is 0 Å². The molecule has 2 N–H and O–H groups in total. The van der Waals surface area contributed by atoms with Crippen LogP contribution in [0.2, 0.25) is 0 Å². The number of nitrogens with one attached hydrogen (secondary N) is 1. The fourth-order valence-electron chi connectivity index (χ4n) is 5.86. The predicted molar refractivity (Wildman–Crippen MR) is 76.4 cm³/mol. The van der Waals surface area contributed by atoms with Crippen molar-refractivity contribution >= 4 is 5.97 Å². The van der Waals surface area contributed by atoms with Crippen molar-refractivity contribution in [1.82, 2.24) is 4.98 Å². The van der Waals surface area contributed by atoms with Crippen LogP contribution < -0.4 is 0 Å². The fourth-order valence-corrected chi connectivity index (χ4v) is 5.86. The first kappa shape index (κ1) is 12.5. The third-order valence-corrected chi connectivity index (χ3v) is 6.10. The van der Waals surface area contributed by atoms with Gasteiger partial charge in [0.05, 0.1) is 5.92 Å². The highest BCUT2D eigenvalue weighted by Crippen LogP contribution is 2.62. The predicted octanol–water partition coefficient (Wildman–Crippen LogP) is 3.79. The fraction of sp³-hybridized carbons (Fsp3) is 0.706. The van der Waals surface area contributed by atoms with Gasteiger partial charge in [-0.3, -0.25) is 4.79 Å². The van der Waals surface area contributed by atoms with E-state index in [0.717, 1.165) is 29.9 Å². The third-order valence-electron chi connectivity index (χ3n) is 6.10. The first-order valence-electron chi connectivity index (χ1n) is 8.00. The summed E-state index contributed by atoms with van der Waals surface area (Å²) < 4.78 is 0. The zero-order chi connectivity index (χ0) is 13.7. The van der Waals surface area contributed by atoms with Crippen LogP contribution in [0.1, 0.15) is 56.6 Å². The Hall–Kier alpha value is -1.25. The lowest BCUT2D eigenvalue weighted by atomic mass is 9.48. The molecule has 0 amide bonds. The Labute approximate surface area is 119 Å². The van der Waals surface area contributed by atoms with Gasteiger partial charge in [-0.15, -0.1) is 0 Å². The standard InChI is InChI=1S/C17H23NO2/c19-16(20)14(15-2-1-3-18-15)10-17-7-11-4-12(8-17)6-13(5-11)9-17/h1-3,11-14,18H,4-10H2,(H,19,20). The van der Waals surface area contributed by atoms with Gasteiger partial charge in [0.1, 0.15) is 0 Å². The zero-order valence-corrected chi connectivity index (χ0v) is 11.8. The monoisotopic (exact) mass is 273 g/mol. The van der Waals surface area contributed by atoms with Crippen LogP contribution in [0, 0.1) is 23.2 Å². The van der Waals surface area contributed by atoms with Gasteiger partial charge in [-0.25, -0.2) is 0 Å². The number of hydrogen-bond donors (Lipinski definition) is 2. The number of aromatic nitrogens is 1. The number of carboxylic acid groups (broad SMARTS) is 1. The average molecular weight is 273 g/mol. The Kier molecular flexibility index (Phi) is 2.73. The first-order valence-corrected chi connectivity index (χ1v) is 8.00. The second-order valence-electron chi connectivity index (χ2n) is 7.64. The van der Waals surface area contributed by atoms with Crippen molar-refractivity contribution in [2.45, 2.75) is 50.9 Å². The van der Waals surface area contributed by atoms with Crippen LogP contribution in [0.5, 0.6) is 0 Å². The number of carboxylic acids is 1. The minimum Gasteiger partial charge on any atom is -0.481 e. The molecule has 0 saturated heterocycles. The Morgan fingerprint density at radius 1 is 1.25 bits per heavy atom. The van der Waals surface area contributed by atoms with Crippen molar-refractivity contribution in [3.63, 3.8) is 0 Å². The van der Waals surface area contributed by atoms with E-state index in [4.69, 9.17) is 0 Å². The van der Waals surface area contributed by atoms with Crippen molar-refractivity contribution in [2.24, 2.45) is 23.2 Å². The van der Waals surface area contributed by atoms with E-state index in [-0.39, 0.29) is 5.92 Å². The Bertz CT molecular complexity index is 470. The van der Waals surface area contributed by atoms with E-state index >= 15 is 0 Å². The third kappa shape index (κ3) is 1.99. The Morgan fingerprint density at radius 3 is 2.30 bits per heavy atom. The van der Waals surface area contributed by atoms with Gasteiger partial charge in [0.25, 0.3) is 0 Å². The van der Waals surface area contributed by atoms with Crippen LogP contribution in [0.3, 0.4) is 0 Å². The highest BCUT2D eigenvalue weighted by atomic mass is 16.4. The number of aliphatic carboxylic acids is 1. The lowest BCUT2D eigenvalue weighted by Gasteiger charge is -2.57. The van der Waals surface area contributed by atoms with Crippen LogP contribution in [-0.2, 0) is 4.79 Å². The molecule has 3 heteroatoms. The molecule has 0 spiro atoms. The number of aromatic amines is 1. The van der Waals surface area contributed by atoms with Gasteiger partial charge < -0.3 is 10.1 Å². The summed E-state index contributed by atoms with van der Waals surface area (Å²) in [5.74, 6) is 1.66. The molecule has 4 bridgehead atoms. The molecular formula is C17H23NO2. The summed E-state index contributed by atoms with van der Waals surface area (Å²) >= 11 is 0. The topological polar surface area (TPSA) is 53.1 Å².